The van der Waals surface area contributed by atoms with Crippen molar-refractivity contribution in [2.75, 3.05) is 20.1 Å². The molecule has 2 atom stereocenters. The molecule has 140 valence electrons. The summed E-state index contributed by atoms with van der Waals surface area (Å²) in [7, 11) is 1.85. The van der Waals surface area contributed by atoms with Gasteiger partial charge < -0.3 is 10.6 Å². The summed E-state index contributed by atoms with van der Waals surface area (Å²) in [6.45, 7) is 6.68. The van der Waals surface area contributed by atoms with Crippen LogP contribution in [0.2, 0.25) is 0 Å². The second kappa shape index (κ2) is 10.4. The van der Waals surface area contributed by atoms with Crippen molar-refractivity contribution in [3.05, 3.63) is 35.4 Å². The normalized spacial score (nSPS) is 24.2. The summed E-state index contributed by atoms with van der Waals surface area (Å²) >= 11 is 0. The van der Waals surface area contributed by atoms with Crippen LogP contribution in [0.15, 0.2) is 29.3 Å². The zero-order valence-electron chi connectivity index (χ0n) is 15.6. The number of rotatable bonds is 5. The van der Waals surface area contributed by atoms with E-state index in [1.54, 1.807) is 0 Å². The number of aliphatic imine (C=N–C) groups is 1. The Hall–Kier alpha value is -0.820. The maximum atomic E-state index is 4.33. The predicted octanol–water partition coefficient (Wildman–Crippen LogP) is 3.75. The van der Waals surface area contributed by atoms with E-state index in [9.17, 15) is 0 Å². The van der Waals surface area contributed by atoms with Crippen molar-refractivity contribution < 1.29 is 0 Å². The molecule has 1 aliphatic carbocycles. The second-order valence-corrected chi connectivity index (χ2v) is 7.40. The van der Waals surface area contributed by atoms with E-state index in [2.05, 4.69) is 51.7 Å². The first-order chi connectivity index (χ1) is 11.7. The zero-order valence-corrected chi connectivity index (χ0v) is 18.0. The lowest BCUT2D eigenvalue weighted by Gasteiger charge is -2.20. The maximum absolute atomic E-state index is 4.33. The van der Waals surface area contributed by atoms with E-state index in [0.29, 0.717) is 6.04 Å². The van der Waals surface area contributed by atoms with Gasteiger partial charge in [0, 0.05) is 26.2 Å². The predicted molar refractivity (Wildman–Crippen MR) is 117 cm³/mol. The summed E-state index contributed by atoms with van der Waals surface area (Å²) in [6, 6.07) is 9.58. The highest BCUT2D eigenvalue weighted by Crippen LogP contribution is 2.28. The van der Waals surface area contributed by atoms with Crippen molar-refractivity contribution in [3.63, 3.8) is 0 Å². The van der Waals surface area contributed by atoms with Crippen LogP contribution in [-0.2, 0) is 13.1 Å². The molecule has 1 aromatic rings. The molecule has 2 N–H and O–H groups in total. The van der Waals surface area contributed by atoms with Gasteiger partial charge >= 0.3 is 0 Å². The van der Waals surface area contributed by atoms with E-state index in [1.807, 2.05) is 7.05 Å². The summed E-state index contributed by atoms with van der Waals surface area (Å²) in [4.78, 5) is 6.94. The Labute approximate surface area is 169 Å². The number of halogens is 1. The number of guanidine groups is 1. The first kappa shape index (κ1) is 20.5. The minimum absolute atomic E-state index is 0. The molecule has 0 aromatic heterocycles. The monoisotopic (exact) mass is 456 g/mol. The Morgan fingerprint density at radius 1 is 1.16 bits per heavy atom. The summed E-state index contributed by atoms with van der Waals surface area (Å²) in [5.74, 6) is 1.70. The van der Waals surface area contributed by atoms with Gasteiger partial charge in [0.2, 0.25) is 0 Å². The fraction of sp³-hybridized carbons (Fsp3) is 0.650. The SMILES string of the molecule is CN=C(NCc1cccc(CN2CCCCCC2)c1)NC1CC1C.I. The van der Waals surface area contributed by atoms with Crippen LogP contribution >= 0.6 is 24.0 Å². The molecule has 1 saturated carbocycles. The number of nitrogens with one attached hydrogen (secondary N) is 2. The van der Waals surface area contributed by atoms with Gasteiger partial charge in [-0.2, -0.15) is 0 Å². The van der Waals surface area contributed by atoms with Crippen LogP contribution in [0.5, 0.6) is 0 Å². The van der Waals surface area contributed by atoms with Crippen molar-refractivity contribution in [2.24, 2.45) is 10.9 Å². The highest BCUT2D eigenvalue weighted by atomic mass is 127. The van der Waals surface area contributed by atoms with Crippen molar-refractivity contribution >= 4 is 29.9 Å². The van der Waals surface area contributed by atoms with Crippen molar-refractivity contribution in [2.45, 2.75) is 58.2 Å². The standard InChI is InChI=1S/C20H32N4.HI/c1-16-12-19(16)23-20(21-2)22-14-17-8-7-9-18(13-17)15-24-10-5-3-4-6-11-24;/h7-9,13,16,19H,3-6,10-12,14-15H2,1-2H3,(H2,21,22,23);1H. The van der Waals surface area contributed by atoms with Gasteiger partial charge in [0.1, 0.15) is 0 Å². The quantitative estimate of drug-likeness (QED) is 0.403. The third-order valence-electron chi connectivity index (χ3n) is 5.21. The molecule has 25 heavy (non-hydrogen) atoms. The molecule has 2 unspecified atom stereocenters. The summed E-state index contributed by atoms with van der Waals surface area (Å²) in [5, 5.41) is 6.92. The lowest BCUT2D eigenvalue weighted by molar-refractivity contribution is 0.277. The molecule has 0 bridgehead atoms. The molecule has 0 radical (unpaired) electrons. The van der Waals surface area contributed by atoms with Crippen LogP contribution in [0, 0.1) is 5.92 Å². The van der Waals surface area contributed by atoms with E-state index >= 15 is 0 Å². The number of hydrogen-bond acceptors (Lipinski definition) is 2. The van der Waals surface area contributed by atoms with Gasteiger partial charge in [0.05, 0.1) is 0 Å². The molecule has 2 fully saturated rings. The number of nitrogens with zero attached hydrogens (tertiary/aromatic N) is 2. The fourth-order valence-corrected chi connectivity index (χ4v) is 3.47. The molecule has 2 aliphatic rings. The van der Waals surface area contributed by atoms with Gasteiger partial charge in [0.15, 0.2) is 5.96 Å². The number of likely N-dealkylation sites (tertiary alicyclic amines) is 1. The summed E-state index contributed by atoms with van der Waals surface area (Å²) < 4.78 is 0. The molecule has 0 spiro atoms. The molecule has 4 nitrogen and oxygen atoms in total. The van der Waals surface area contributed by atoms with E-state index in [1.165, 1.54) is 56.3 Å². The lowest BCUT2D eigenvalue weighted by Crippen LogP contribution is -2.38. The van der Waals surface area contributed by atoms with Crippen LogP contribution in [0.25, 0.3) is 0 Å². The number of benzene rings is 1. The van der Waals surface area contributed by atoms with Gasteiger partial charge in [-0.05, 0) is 49.4 Å². The third-order valence-corrected chi connectivity index (χ3v) is 5.21. The third kappa shape index (κ3) is 6.77. The first-order valence-electron chi connectivity index (χ1n) is 9.52. The van der Waals surface area contributed by atoms with Crippen LogP contribution in [-0.4, -0.2) is 37.0 Å². The highest BCUT2D eigenvalue weighted by molar-refractivity contribution is 14.0. The number of hydrogen-bond donors (Lipinski definition) is 2. The maximum Gasteiger partial charge on any atom is 0.191 e. The van der Waals surface area contributed by atoms with E-state index in [-0.39, 0.29) is 24.0 Å². The van der Waals surface area contributed by atoms with Crippen LogP contribution < -0.4 is 10.6 Å². The van der Waals surface area contributed by atoms with Gasteiger partial charge in [0.25, 0.3) is 0 Å². The van der Waals surface area contributed by atoms with Crippen LogP contribution in [0.3, 0.4) is 0 Å². The molecule has 1 aromatic carbocycles. The highest BCUT2D eigenvalue weighted by Gasteiger charge is 2.33. The smallest absolute Gasteiger partial charge is 0.191 e. The minimum atomic E-state index is 0. The van der Waals surface area contributed by atoms with E-state index in [4.69, 9.17) is 0 Å². The Morgan fingerprint density at radius 2 is 1.84 bits per heavy atom. The molecular weight excluding hydrogens is 423 g/mol. The van der Waals surface area contributed by atoms with Gasteiger partial charge in [-0.3, -0.25) is 9.89 Å². The lowest BCUT2D eigenvalue weighted by atomic mass is 10.1. The van der Waals surface area contributed by atoms with Gasteiger partial charge in [-0.1, -0.05) is 44.0 Å². The fourth-order valence-electron chi connectivity index (χ4n) is 3.47. The summed E-state index contributed by atoms with van der Waals surface area (Å²) in [5.41, 5.74) is 2.75. The van der Waals surface area contributed by atoms with Crippen molar-refractivity contribution in [1.82, 2.24) is 15.5 Å². The largest absolute Gasteiger partial charge is 0.353 e. The van der Waals surface area contributed by atoms with Crippen LogP contribution in [0.1, 0.15) is 50.2 Å². The average Bonchev–Trinajstić information content (AvgIpc) is 3.34. The van der Waals surface area contributed by atoms with Crippen molar-refractivity contribution in [1.29, 1.82) is 0 Å². The average molecular weight is 456 g/mol. The van der Waals surface area contributed by atoms with E-state index in [0.717, 1.165) is 25.0 Å². The van der Waals surface area contributed by atoms with Gasteiger partial charge in [-0.15, -0.1) is 24.0 Å². The second-order valence-electron chi connectivity index (χ2n) is 7.40. The molecule has 0 amide bonds. The molecule has 5 heteroatoms. The molecular formula is C20H33IN4. The van der Waals surface area contributed by atoms with Crippen molar-refractivity contribution in [3.8, 4) is 0 Å². The Bertz CT molecular complexity index is 552. The van der Waals surface area contributed by atoms with Gasteiger partial charge in [-0.25, -0.2) is 0 Å². The molecule has 1 aliphatic heterocycles. The molecule has 3 rings (SSSR count). The molecule has 1 saturated heterocycles. The Morgan fingerprint density at radius 3 is 2.48 bits per heavy atom. The molecule has 1 heterocycles. The first-order valence-corrected chi connectivity index (χ1v) is 9.52. The van der Waals surface area contributed by atoms with Crippen LogP contribution in [0.4, 0.5) is 0 Å². The topological polar surface area (TPSA) is 39.7 Å². The zero-order chi connectivity index (χ0) is 16.8. The summed E-state index contributed by atoms with van der Waals surface area (Å²) in [6.07, 6.45) is 6.75. The Kier molecular flexibility index (Phi) is 8.49. The van der Waals surface area contributed by atoms with E-state index < -0.39 is 0 Å². The Balaban J connectivity index is 0.00000225. The minimum Gasteiger partial charge on any atom is -0.353 e.